The number of hydrogen-bond donors (Lipinski definition) is 1. The van der Waals surface area contributed by atoms with Crippen LogP contribution in [0.5, 0.6) is 0 Å². The van der Waals surface area contributed by atoms with E-state index in [2.05, 4.69) is 0 Å². The van der Waals surface area contributed by atoms with E-state index >= 15 is 0 Å². The Kier molecular flexibility index (Phi) is 3.92. The zero-order chi connectivity index (χ0) is 11.3. The molecular weight excluding hydrogens is 190 g/mol. The zero-order valence-electron chi connectivity index (χ0n) is 8.99. The van der Waals surface area contributed by atoms with E-state index in [4.69, 9.17) is 10.5 Å². The molecule has 1 aromatic carbocycles. The highest BCUT2D eigenvalue weighted by atomic mass is 16.5. The minimum atomic E-state index is -0.313. The van der Waals surface area contributed by atoms with Crippen LogP contribution in [0.25, 0.3) is 5.57 Å². The van der Waals surface area contributed by atoms with E-state index in [1.807, 2.05) is 19.1 Å². The third-order valence-electron chi connectivity index (χ3n) is 1.99. The van der Waals surface area contributed by atoms with Gasteiger partial charge < -0.3 is 10.5 Å². The summed E-state index contributed by atoms with van der Waals surface area (Å²) in [6, 6.07) is 7.36. The molecule has 0 heterocycles. The van der Waals surface area contributed by atoms with Gasteiger partial charge >= 0.3 is 5.97 Å². The summed E-state index contributed by atoms with van der Waals surface area (Å²) in [5.41, 5.74) is 8.11. The first kappa shape index (κ1) is 11.3. The first-order valence-corrected chi connectivity index (χ1v) is 4.84. The first-order chi connectivity index (χ1) is 7.13. The molecule has 0 aliphatic carbocycles. The molecule has 0 aliphatic rings. The van der Waals surface area contributed by atoms with Crippen molar-refractivity contribution in [3.8, 4) is 0 Å². The summed E-state index contributed by atoms with van der Waals surface area (Å²) in [5, 5.41) is 0. The fourth-order valence-corrected chi connectivity index (χ4v) is 1.19. The molecule has 0 aliphatic heterocycles. The highest BCUT2D eigenvalue weighted by Crippen LogP contribution is 2.15. The predicted molar refractivity (Wildman–Crippen MR) is 61.1 cm³/mol. The van der Waals surface area contributed by atoms with Gasteiger partial charge in [0.05, 0.1) is 6.61 Å². The molecule has 0 atom stereocenters. The molecule has 0 aromatic heterocycles. The van der Waals surface area contributed by atoms with Crippen LogP contribution in [0.3, 0.4) is 0 Å². The van der Waals surface area contributed by atoms with E-state index in [9.17, 15) is 4.79 Å². The van der Waals surface area contributed by atoms with Crippen LogP contribution in [-0.4, -0.2) is 12.6 Å². The van der Waals surface area contributed by atoms with E-state index in [0.29, 0.717) is 12.3 Å². The van der Waals surface area contributed by atoms with Gasteiger partial charge in [0.1, 0.15) is 0 Å². The average molecular weight is 205 g/mol. The van der Waals surface area contributed by atoms with E-state index in [1.165, 1.54) is 6.08 Å². The Morgan fingerprint density at radius 2 is 2.00 bits per heavy atom. The predicted octanol–water partition coefficient (Wildman–Crippen LogP) is 2.24. The second kappa shape index (κ2) is 5.20. The van der Waals surface area contributed by atoms with Crippen LogP contribution < -0.4 is 5.73 Å². The number of nitrogen functional groups attached to an aromatic ring is 1. The van der Waals surface area contributed by atoms with Crippen LogP contribution >= 0.6 is 0 Å². The second-order valence-corrected chi connectivity index (χ2v) is 3.20. The molecule has 3 nitrogen and oxygen atoms in total. The Hall–Kier alpha value is -1.77. The fourth-order valence-electron chi connectivity index (χ4n) is 1.19. The van der Waals surface area contributed by atoms with Crippen LogP contribution in [0.15, 0.2) is 30.3 Å². The van der Waals surface area contributed by atoms with Gasteiger partial charge in [-0.1, -0.05) is 12.1 Å². The van der Waals surface area contributed by atoms with Crippen molar-refractivity contribution in [2.45, 2.75) is 13.8 Å². The lowest BCUT2D eigenvalue weighted by Crippen LogP contribution is -2.00. The van der Waals surface area contributed by atoms with Gasteiger partial charge in [-0.05, 0) is 37.1 Å². The lowest BCUT2D eigenvalue weighted by Gasteiger charge is -2.02. The minimum Gasteiger partial charge on any atom is -0.463 e. The van der Waals surface area contributed by atoms with Gasteiger partial charge in [0.25, 0.3) is 0 Å². The van der Waals surface area contributed by atoms with E-state index in [-0.39, 0.29) is 5.97 Å². The maximum atomic E-state index is 11.2. The molecule has 3 heteroatoms. The lowest BCUT2D eigenvalue weighted by atomic mass is 10.1. The molecule has 80 valence electrons. The van der Waals surface area contributed by atoms with Crippen molar-refractivity contribution in [1.29, 1.82) is 0 Å². The van der Waals surface area contributed by atoms with E-state index in [0.717, 1.165) is 11.1 Å². The van der Waals surface area contributed by atoms with Gasteiger partial charge in [-0.15, -0.1) is 0 Å². The number of carbonyl (C=O) groups excluding carboxylic acids is 1. The SMILES string of the molecule is CCOC(=O)/C=C(/C)c1ccc(N)cc1. The van der Waals surface area contributed by atoms with E-state index < -0.39 is 0 Å². The summed E-state index contributed by atoms with van der Waals surface area (Å²) in [4.78, 5) is 11.2. The molecule has 1 aromatic rings. The third kappa shape index (κ3) is 3.46. The molecule has 0 fully saturated rings. The summed E-state index contributed by atoms with van der Waals surface area (Å²) in [5.74, 6) is -0.313. The van der Waals surface area contributed by atoms with Crippen molar-refractivity contribution in [3.63, 3.8) is 0 Å². The largest absolute Gasteiger partial charge is 0.463 e. The van der Waals surface area contributed by atoms with Gasteiger partial charge in [-0.2, -0.15) is 0 Å². The summed E-state index contributed by atoms with van der Waals surface area (Å²) >= 11 is 0. The minimum absolute atomic E-state index is 0.313. The zero-order valence-corrected chi connectivity index (χ0v) is 8.99. The molecule has 15 heavy (non-hydrogen) atoms. The van der Waals surface area contributed by atoms with Crippen molar-refractivity contribution < 1.29 is 9.53 Å². The first-order valence-electron chi connectivity index (χ1n) is 4.84. The number of ether oxygens (including phenoxy) is 1. The quantitative estimate of drug-likeness (QED) is 0.467. The van der Waals surface area contributed by atoms with Crippen LogP contribution in [-0.2, 0) is 9.53 Å². The van der Waals surface area contributed by atoms with Crippen molar-refractivity contribution >= 4 is 17.2 Å². The Bertz CT molecular complexity index is 366. The van der Waals surface area contributed by atoms with E-state index in [1.54, 1.807) is 19.1 Å². The number of hydrogen-bond acceptors (Lipinski definition) is 3. The Balaban J connectivity index is 2.79. The highest BCUT2D eigenvalue weighted by molar-refractivity contribution is 5.90. The molecule has 0 saturated carbocycles. The third-order valence-corrected chi connectivity index (χ3v) is 1.99. The normalized spacial score (nSPS) is 11.2. The molecule has 0 amide bonds. The Morgan fingerprint density at radius 3 is 2.53 bits per heavy atom. The van der Waals surface area contributed by atoms with Crippen LogP contribution in [0, 0.1) is 0 Å². The van der Waals surface area contributed by atoms with Crippen molar-refractivity contribution in [2.75, 3.05) is 12.3 Å². The van der Waals surface area contributed by atoms with Gasteiger partial charge in [-0.3, -0.25) is 0 Å². The smallest absolute Gasteiger partial charge is 0.331 e. The molecule has 0 bridgehead atoms. The number of esters is 1. The number of anilines is 1. The monoisotopic (exact) mass is 205 g/mol. The standard InChI is InChI=1S/C12H15NO2/c1-3-15-12(14)8-9(2)10-4-6-11(13)7-5-10/h4-8H,3,13H2,1-2H3/b9-8-. The molecule has 0 unspecified atom stereocenters. The molecule has 0 radical (unpaired) electrons. The molecule has 2 N–H and O–H groups in total. The van der Waals surface area contributed by atoms with Gasteiger partial charge in [-0.25, -0.2) is 4.79 Å². The summed E-state index contributed by atoms with van der Waals surface area (Å²) in [6.07, 6.45) is 1.48. The molecular formula is C12H15NO2. The fraction of sp³-hybridized carbons (Fsp3) is 0.250. The van der Waals surface area contributed by atoms with Crippen LogP contribution in [0.1, 0.15) is 19.4 Å². The number of allylic oxidation sites excluding steroid dienone is 1. The molecule has 0 spiro atoms. The van der Waals surface area contributed by atoms with Crippen molar-refractivity contribution in [1.82, 2.24) is 0 Å². The molecule has 1 rings (SSSR count). The Labute approximate surface area is 89.5 Å². The summed E-state index contributed by atoms with van der Waals surface area (Å²) in [7, 11) is 0. The van der Waals surface area contributed by atoms with Crippen molar-refractivity contribution in [2.24, 2.45) is 0 Å². The topological polar surface area (TPSA) is 52.3 Å². The summed E-state index contributed by atoms with van der Waals surface area (Å²) < 4.78 is 4.82. The number of rotatable bonds is 3. The Morgan fingerprint density at radius 1 is 1.40 bits per heavy atom. The highest BCUT2D eigenvalue weighted by Gasteiger charge is 2.00. The van der Waals surface area contributed by atoms with Crippen LogP contribution in [0.2, 0.25) is 0 Å². The number of nitrogens with two attached hydrogens (primary N) is 1. The van der Waals surface area contributed by atoms with Crippen molar-refractivity contribution in [3.05, 3.63) is 35.9 Å². The maximum Gasteiger partial charge on any atom is 0.331 e. The van der Waals surface area contributed by atoms with Gasteiger partial charge in [0.15, 0.2) is 0 Å². The number of benzene rings is 1. The second-order valence-electron chi connectivity index (χ2n) is 3.20. The van der Waals surface area contributed by atoms with Gasteiger partial charge in [0.2, 0.25) is 0 Å². The van der Waals surface area contributed by atoms with Crippen LogP contribution in [0.4, 0.5) is 5.69 Å². The lowest BCUT2D eigenvalue weighted by molar-refractivity contribution is -0.137. The average Bonchev–Trinajstić information content (AvgIpc) is 2.18. The molecule has 0 saturated heterocycles. The maximum absolute atomic E-state index is 11.2. The van der Waals surface area contributed by atoms with Gasteiger partial charge in [0, 0.05) is 11.8 Å². The summed E-state index contributed by atoms with van der Waals surface area (Å²) in [6.45, 7) is 4.04. The number of carbonyl (C=O) groups is 1.